The van der Waals surface area contributed by atoms with Gasteiger partial charge in [0.15, 0.2) is 0 Å². The van der Waals surface area contributed by atoms with E-state index in [1.165, 1.54) is 33.4 Å². The smallest absolute Gasteiger partial charge is 0.213 e. The molecule has 0 spiro atoms. The zero-order valence-corrected chi connectivity index (χ0v) is 28.6. The van der Waals surface area contributed by atoms with Gasteiger partial charge in [-0.2, -0.15) is 24.3 Å². The zero-order chi connectivity index (χ0) is 24.2. The van der Waals surface area contributed by atoms with Crippen LogP contribution in [-0.2, 0) is 26.2 Å². The van der Waals surface area contributed by atoms with E-state index in [1.807, 2.05) is 0 Å². The predicted molar refractivity (Wildman–Crippen MR) is 171 cm³/mol. The van der Waals surface area contributed by atoms with Gasteiger partial charge in [0.2, 0.25) is 0 Å². The van der Waals surface area contributed by atoms with Crippen LogP contribution in [0.3, 0.4) is 0 Å². The van der Waals surface area contributed by atoms with Gasteiger partial charge in [-0.1, -0.05) is 99.0 Å². The fourth-order valence-corrected chi connectivity index (χ4v) is 4.27. The molecule has 5 heteroatoms. The van der Waals surface area contributed by atoms with Crippen LogP contribution in [0, 0.1) is 0 Å². The Kier molecular flexibility index (Phi) is 18.8. The van der Waals surface area contributed by atoms with Crippen LogP contribution in [0.1, 0.15) is 45.2 Å². The SMILES string of the molecule is C1=CC([c-]2cccc2)c2ccccc21.C1=CC([c-]2cccc2)c2ccccc21.C[SiH]C.C[SiH]C.Cl.Cl.[Zr+2]. The molecule has 2 atom stereocenters. The summed E-state index contributed by atoms with van der Waals surface area (Å²) in [6.45, 7) is 8.83. The second-order valence-electron chi connectivity index (χ2n) is 8.52. The molecule has 2 aliphatic carbocycles. The molecule has 0 aromatic heterocycles. The van der Waals surface area contributed by atoms with Gasteiger partial charge in [-0.25, -0.2) is 24.3 Å². The van der Waals surface area contributed by atoms with Crippen molar-refractivity contribution in [3.63, 3.8) is 0 Å². The monoisotopic (exact) mass is 638 g/mol. The van der Waals surface area contributed by atoms with Crippen molar-refractivity contribution in [1.29, 1.82) is 0 Å². The Morgan fingerprint density at radius 1 is 0.514 bits per heavy atom. The molecular weight excluding hydrogens is 603 g/mol. The summed E-state index contributed by atoms with van der Waals surface area (Å²) in [7, 11) is 1.50. The normalized spacial score (nSPS) is 14.9. The molecule has 4 aromatic rings. The summed E-state index contributed by atoms with van der Waals surface area (Å²) < 4.78 is 0. The van der Waals surface area contributed by atoms with Gasteiger partial charge < -0.3 is 0 Å². The molecule has 192 valence electrons. The first-order valence-electron chi connectivity index (χ1n) is 12.2. The first kappa shape index (κ1) is 35.5. The molecule has 0 heterocycles. The molecule has 0 bridgehead atoms. The first-order valence-corrected chi connectivity index (χ1v) is 16.8. The van der Waals surface area contributed by atoms with Gasteiger partial charge in [0.1, 0.15) is 0 Å². The fourth-order valence-electron chi connectivity index (χ4n) is 4.27. The topological polar surface area (TPSA) is 0 Å². The molecule has 37 heavy (non-hydrogen) atoms. The molecule has 0 N–H and O–H groups in total. The van der Waals surface area contributed by atoms with Crippen LogP contribution < -0.4 is 0 Å². The molecule has 0 amide bonds. The van der Waals surface area contributed by atoms with Crippen LogP contribution in [0.15, 0.2) is 109 Å². The van der Waals surface area contributed by atoms with E-state index < -0.39 is 0 Å². The van der Waals surface area contributed by atoms with Gasteiger partial charge in [-0.3, -0.25) is 0 Å². The molecule has 2 radical (unpaired) electrons. The summed E-state index contributed by atoms with van der Waals surface area (Å²) in [5.74, 6) is 0.947. The molecule has 0 nitrogen and oxygen atoms in total. The number of benzene rings is 2. The van der Waals surface area contributed by atoms with Crippen molar-refractivity contribution in [3.8, 4) is 0 Å². The third kappa shape index (κ3) is 9.97. The first-order chi connectivity index (χ1) is 16.7. The molecule has 2 unspecified atom stereocenters. The number of rotatable bonds is 2. The van der Waals surface area contributed by atoms with Crippen molar-refractivity contribution in [3.05, 3.63) is 143 Å². The Morgan fingerprint density at radius 2 is 0.811 bits per heavy atom. The summed E-state index contributed by atoms with van der Waals surface area (Å²) in [5, 5.41) is 0. The predicted octanol–water partition coefficient (Wildman–Crippen LogP) is 9.01. The van der Waals surface area contributed by atoms with Crippen molar-refractivity contribution in [2.75, 3.05) is 0 Å². The molecule has 2 aliphatic rings. The maximum Gasteiger partial charge on any atom is 2.00 e. The van der Waals surface area contributed by atoms with Crippen LogP contribution in [0.5, 0.6) is 0 Å². The van der Waals surface area contributed by atoms with Gasteiger partial charge >= 0.3 is 26.2 Å². The average Bonchev–Trinajstić information content (AvgIpc) is 3.66. The number of hydrogen-bond acceptors (Lipinski definition) is 0. The van der Waals surface area contributed by atoms with E-state index in [0.717, 1.165) is 19.0 Å². The van der Waals surface area contributed by atoms with Gasteiger partial charge in [-0.05, 0) is 34.1 Å². The second-order valence-corrected chi connectivity index (χ2v) is 10.8. The van der Waals surface area contributed by atoms with E-state index in [2.05, 4.69) is 148 Å². The number of halogens is 2. The Morgan fingerprint density at radius 3 is 1.14 bits per heavy atom. The molecule has 0 aliphatic heterocycles. The van der Waals surface area contributed by atoms with E-state index in [-0.39, 0.29) is 51.0 Å². The Bertz CT molecular complexity index is 1070. The molecule has 0 saturated heterocycles. The maximum absolute atomic E-state index is 2.28. The molecule has 0 fully saturated rings. The van der Waals surface area contributed by atoms with Crippen molar-refractivity contribution in [2.45, 2.75) is 38.0 Å². The standard InChI is InChI=1S/2C14H11.2C2H7Si.2ClH.Zr/c2*1-2-6-11(5-1)14-10-9-12-7-3-4-8-13(12)14;2*1-3-2;;;/h2*1-10,14H;2*3H,1-2H3;2*1H;/q2*-1;;;;;+2. The minimum absolute atomic E-state index is 0. The average molecular weight is 641 g/mol. The molecule has 0 saturated carbocycles. The largest absolute Gasteiger partial charge is 2.00 e. The van der Waals surface area contributed by atoms with Crippen LogP contribution in [-0.4, -0.2) is 19.0 Å². The number of allylic oxidation sites excluding steroid dienone is 2. The Labute approximate surface area is 261 Å². The van der Waals surface area contributed by atoms with E-state index in [1.54, 1.807) is 0 Å². The Hall–Kier alpha value is -1.48. The van der Waals surface area contributed by atoms with Crippen molar-refractivity contribution < 1.29 is 26.2 Å². The van der Waals surface area contributed by atoms with Crippen molar-refractivity contribution >= 4 is 56.0 Å². The van der Waals surface area contributed by atoms with E-state index >= 15 is 0 Å². The molecule has 4 aromatic carbocycles. The van der Waals surface area contributed by atoms with E-state index in [0.29, 0.717) is 11.8 Å². The third-order valence-corrected chi connectivity index (χ3v) is 5.69. The fraction of sp³-hybridized carbons (Fsp3) is 0.188. The van der Waals surface area contributed by atoms with Crippen LogP contribution >= 0.6 is 24.8 Å². The van der Waals surface area contributed by atoms with Crippen LogP contribution in [0.4, 0.5) is 0 Å². The van der Waals surface area contributed by atoms with Crippen molar-refractivity contribution in [2.24, 2.45) is 0 Å². The zero-order valence-electron chi connectivity index (χ0n) is 22.2. The quantitative estimate of drug-likeness (QED) is 0.152. The summed E-state index contributed by atoms with van der Waals surface area (Å²) in [6, 6.07) is 34.4. The van der Waals surface area contributed by atoms with Gasteiger partial charge in [-0.15, -0.1) is 35.9 Å². The van der Waals surface area contributed by atoms with Gasteiger partial charge in [0.05, 0.1) is 0 Å². The van der Waals surface area contributed by atoms with E-state index in [4.69, 9.17) is 0 Å². The van der Waals surface area contributed by atoms with Gasteiger partial charge in [0, 0.05) is 19.0 Å². The Balaban J connectivity index is 0.000000543. The number of hydrogen-bond donors (Lipinski definition) is 0. The minimum Gasteiger partial charge on any atom is -0.213 e. The number of fused-ring (bicyclic) bond motifs is 2. The maximum atomic E-state index is 2.28. The van der Waals surface area contributed by atoms with Gasteiger partial charge in [0.25, 0.3) is 0 Å². The van der Waals surface area contributed by atoms with E-state index in [9.17, 15) is 0 Å². The van der Waals surface area contributed by atoms with Crippen molar-refractivity contribution in [1.82, 2.24) is 0 Å². The second kappa shape index (κ2) is 19.6. The van der Waals surface area contributed by atoms with Crippen LogP contribution in [0.25, 0.3) is 12.2 Å². The third-order valence-electron chi connectivity index (χ3n) is 5.69. The summed E-state index contributed by atoms with van der Waals surface area (Å²) in [5.41, 5.74) is 8.37. The summed E-state index contributed by atoms with van der Waals surface area (Å²) in [4.78, 5) is 0. The molecular formula is C32H38Cl2Si2Zr. The molecule has 6 rings (SSSR count). The minimum atomic E-state index is 0. The summed E-state index contributed by atoms with van der Waals surface area (Å²) in [6.07, 6.45) is 8.99. The van der Waals surface area contributed by atoms with Crippen LogP contribution in [0.2, 0.25) is 26.2 Å². The summed E-state index contributed by atoms with van der Waals surface area (Å²) >= 11 is 0.